The maximum Gasteiger partial charge on any atom is 0.183 e. The number of aliphatic hydroxyl groups excluding tert-OH is 2. The van der Waals surface area contributed by atoms with Crippen LogP contribution in [0, 0.1) is 28.6 Å². The highest BCUT2D eigenvalue weighted by molar-refractivity contribution is 6.69. The molecule has 0 spiro atoms. The fourth-order valence-electron chi connectivity index (χ4n) is 7.02. The second-order valence-corrected chi connectivity index (χ2v) is 15.4. The molecule has 0 aromatic heterocycles. The number of allylic oxidation sites excluding steroid dienone is 1. The molecule has 0 unspecified atom stereocenters. The van der Waals surface area contributed by atoms with E-state index in [1.54, 1.807) is 0 Å². The lowest BCUT2D eigenvalue weighted by Crippen LogP contribution is -2.54. The average molecular weight is 379 g/mol. The third-order valence-electron chi connectivity index (χ3n) is 8.51. The van der Waals surface area contributed by atoms with Gasteiger partial charge in [0.1, 0.15) is 0 Å². The molecule has 3 saturated carbocycles. The molecule has 2 N–H and O–H groups in total. The molecule has 0 amide bonds. The summed E-state index contributed by atoms with van der Waals surface area (Å²) in [5, 5.41) is 21.0. The monoisotopic (exact) mass is 378 g/mol. The summed E-state index contributed by atoms with van der Waals surface area (Å²) in [5.41, 5.74) is 1.77. The fourth-order valence-corrected chi connectivity index (χ4v) is 7.71. The van der Waals surface area contributed by atoms with Crippen LogP contribution in [0.4, 0.5) is 0 Å². The molecule has 4 aliphatic carbocycles. The van der Waals surface area contributed by atoms with Gasteiger partial charge >= 0.3 is 0 Å². The van der Waals surface area contributed by atoms with E-state index in [2.05, 4.69) is 32.6 Å². The standard InChI is InChI=1S/C22H38O3Si/c1-21-11-10-19-17(18(21)7-8-20(21)24)6-5-15-13-16(23)9-12-22(15,19)14-25-26(2,3)4/h5,16-20,23-24H,6-14H2,1-4H3/t16-,17-,18-,19-,20-,21-,22+/m0/s1. The predicted octanol–water partition coefficient (Wildman–Crippen LogP) is 4.50. The minimum atomic E-state index is -1.58. The summed E-state index contributed by atoms with van der Waals surface area (Å²) in [5.74, 6) is 2.02. The SMILES string of the molecule is C[C@]12CC[C@H]3[C@@H](CC=C4C[C@@H](O)CC[C@@]43CO[Si](C)(C)C)[C@@H]1CC[C@@H]2O. The van der Waals surface area contributed by atoms with Crippen LogP contribution < -0.4 is 0 Å². The number of aliphatic hydroxyl groups is 2. The van der Waals surface area contributed by atoms with Gasteiger partial charge in [-0.2, -0.15) is 0 Å². The van der Waals surface area contributed by atoms with E-state index in [1.807, 2.05) is 0 Å². The fraction of sp³-hybridized carbons (Fsp3) is 0.909. The Labute approximate surface area is 160 Å². The van der Waals surface area contributed by atoms with Gasteiger partial charge in [-0.1, -0.05) is 18.6 Å². The van der Waals surface area contributed by atoms with Crippen molar-refractivity contribution in [2.24, 2.45) is 28.6 Å². The van der Waals surface area contributed by atoms with Gasteiger partial charge in [0.2, 0.25) is 0 Å². The number of hydrogen-bond donors (Lipinski definition) is 2. The predicted molar refractivity (Wildman–Crippen MR) is 107 cm³/mol. The Hall–Kier alpha value is -0.163. The van der Waals surface area contributed by atoms with Crippen LogP contribution in [0.1, 0.15) is 58.3 Å². The molecule has 4 aliphatic rings. The van der Waals surface area contributed by atoms with Crippen molar-refractivity contribution in [1.29, 1.82) is 0 Å². The van der Waals surface area contributed by atoms with Gasteiger partial charge in [-0.15, -0.1) is 0 Å². The van der Waals surface area contributed by atoms with Gasteiger partial charge in [0.15, 0.2) is 8.32 Å². The Bertz CT molecular complexity index is 582. The molecule has 0 heterocycles. The van der Waals surface area contributed by atoms with Crippen molar-refractivity contribution >= 4 is 8.32 Å². The summed E-state index contributed by atoms with van der Waals surface area (Å²) in [4.78, 5) is 0. The van der Waals surface area contributed by atoms with E-state index in [0.29, 0.717) is 17.8 Å². The quantitative estimate of drug-likeness (QED) is 0.561. The number of hydrogen-bond acceptors (Lipinski definition) is 3. The van der Waals surface area contributed by atoms with Crippen molar-refractivity contribution in [3.63, 3.8) is 0 Å². The molecule has 4 heteroatoms. The third kappa shape index (κ3) is 2.96. The third-order valence-corrected chi connectivity index (χ3v) is 9.53. The van der Waals surface area contributed by atoms with Gasteiger partial charge in [0, 0.05) is 12.0 Å². The van der Waals surface area contributed by atoms with E-state index in [0.717, 1.165) is 45.1 Å². The van der Waals surface area contributed by atoms with E-state index in [-0.39, 0.29) is 23.0 Å². The zero-order valence-electron chi connectivity index (χ0n) is 17.1. The Morgan fingerprint density at radius 3 is 2.58 bits per heavy atom. The lowest BCUT2D eigenvalue weighted by Gasteiger charge is -2.58. The van der Waals surface area contributed by atoms with Gasteiger partial charge in [-0.05, 0) is 94.2 Å². The molecule has 4 rings (SSSR count). The maximum atomic E-state index is 10.6. The minimum Gasteiger partial charge on any atom is -0.417 e. The van der Waals surface area contributed by atoms with Gasteiger partial charge < -0.3 is 14.6 Å². The molecule has 26 heavy (non-hydrogen) atoms. The highest BCUT2D eigenvalue weighted by Crippen LogP contribution is 2.65. The summed E-state index contributed by atoms with van der Waals surface area (Å²) in [6.45, 7) is 10.1. The van der Waals surface area contributed by atoms with Gasteiger partial charge in [-0.25, -0.2) is 0 Å². The van der Waals surface area contributed by atoms with Crippen LogP contribution in [0.25, 0.3) is 0 Å². The minimum absolute atomic E-state index is 0.110. The summed E-state index contributed by atoms with van der Waals surface area (Å²) < 4.78 is 6.54. The van der Waals surface area contributed by atoms with Gasteiger partial charge in [-0.3, -0.25) is 0 Å². The molecule has 0 aromatic rings. The van der Waals surface area contributed by atoms with E-state index >= 15 is 0 Å². The van der Waals surface area contributed by atoms with Gasteiger partial charge in [0.05, 0.1) is 12.2 Å². The van der Waals surface area contributed by atoms with E-state index in [1.165, 1.54) is 18.4 Å². The van der Waals surface area contributed by atoms with Crippen molar-refractivity contribution in [3.8, 4) is 0 Å². The molecular formula is C22H38O3Si. The van der Waals surface area contributed by atoms with E-state index < -0.39 is 8.32 Å². The molecule has 0 bridgehead atoms. The second-order valence-electron chi connectivity index (χ2n) is 10.9. The Balaban J connectivity index is 1.67. The normalized spacial score (nSPS) is 48.4. The molecule has 0 aliphatic heterocycles. The summed E-state index contributed by atoms with van der Waals surface area (Å²) in [6.07, 6.45) is 10.7. The molecule has 7 atom stereocenters. The van der Waals surface area contributed by atoms with Crippen molar-refractivity contribution in [2.75, 3.05) is 6.61 Å². The average Bonchev–Trinajstić information content (AvgIpc) is 2.88. The Morgan fingerprint density at radius 2 is 1.85 bits per heavy atom. The summed E-state index contributed by atoms with van der Waals surface area (Å²) in [6, 6.07) is 0. The first kappa shape index (κ1) is 19.2. The van der Waals surface area contributed by atoms with Gasteiger partial charge in [0.25, 0.3) is 0 Å². The number of fused-ring (bicyclic) bond motifs is 5. The van der Waals surface area contributed by atoms with Crippen LogP contribution in [0.15, 0.2) is 11.6 Å². The first-order valence-corrected chi connectivity index (χ1v) is 14.3. The first-order chi connectivity index (χ1) is 12.2. The molecule has 0 radical (unpaired) electrons. The van der Waals surface area contributed by atoms with Crippen LogP contribution in [-0.2, 0) is 4.43 Å². The summed E-state index contributed by atoms with van der Waals surface area (Å²) >= 11 is 0. The lowest BCUT2D eigenvalue weighted by molar-refractivity contribution is -0.0869. The molecule has 148 valence electrons. The number of rotatable bonds is 3. The highest BCUT2D eigenvalue weighted by Gasteiger charge is 2.59. The first-order valence-electron chi connectivity index (χ1n) is 10.9. The molecular weight excluding hydrogens is 340 g/mol. The Morgan fingerprint density at radius 1 is 1.08 bits per heavy atom. The zero-order chi connectivity index (χ0) is 18.7. The van der Waals surface area contributed by atoms with Crippen molar-refractivity contribution in [3.05, 3.63) is 11.6 Å². The molecule has 0 aromatic carbocycles. The Kier molecular flexibility index (Phi) is 4.74. The van der Waals surface area contributed by atoms with Crippen molar-refractivity contribution in [2.45, 2.75) is 90.1 Å². The maximum absolute atomic E-state index is 10.6. The van der Waals surface area contributed by atoms with Crippen LogP contribution >= 0.6 is 0 Å². The van der Waals surface area contributed by atoms with Crippen molar-refractivity contribution in [1.82, 2.24) is 0 Å². The zero-order valence-corrected chi connectivity index (χ0v) is 18.1. The topological polar surface area (TPSA) is 49.7 Å². The molecule has 0 saturated heterocycles. The largest absolute Gasteiger partial charge is 0.417 e. The van der Waals surface area contributed by atoms with E-state index in [9.17, 15) is 10.2 Å². The van der Waals surface area contributed by atoms with Crippen molar-refractivity contribution < 1.29 is 14.6 Å². The molecule has 3 fully saturated rings. The highest BCUT2D eigenvalue weighted by atomic mass is 28.4. The van der Waals surface area contributed by atoms with Crippen LogP contribution in [0.5, 0.6) is 0 Å². The summed E-state index contributed by atoms with van der Waals surface area (Å²) in [7, 11) is -1.58. The lowest BCUT2D eigenvalue weighted by atomic mass is 9.47. The molecule has 3 nitrogen and oxygen atoms in total. The smallest absolute Gasteiger partial charge is 0.183 e. The van der Waals surface area contributed by atoms with Crippen LogP contribution in [0.3, 0.4) is 0 Å². The van der Waals surface area contributed by atoms with Crippen LogP contribution in [0.2, 0.25) is 19.6 Å². The second kappa shape index (κ2) is 6.43. The van der Waals surface area contributed by atoms with E-state index in [4.69, 9.17) is 4.43 Å². The van der Waals surface area contributed by atoms with Crippen LogP contribution in [-0.4, -0.2) is 37.3 Å².